The molecule has 1 N–H and O–H groups in total. The molecule has 0 aromatic carbocycles. The van der Waals surface area contributed by atoms with Crippen LogP contribution in [0.15, 0.2) is 0 Å². The number of carbonyl (C=O) groups is 2. The first-order valence-electron chi connectivity index (χ1n) is 6.43. The van der Waals surface area contributed by atoms with E-state index in [1.54, 1.807) is 6.92 Å². The third kappa shape index (κ3) is 8.84. The number of amides is 1. The Morgan fingerprint density at radius 3 is 2.28 bits per heavy atom. The molecule has 5 nitrogen and oxygen atoms in total. The van der Waals surface area contributed by atoms with Crippen LogP contribution in [0.4, 0.5) is 4.79 Å². The molecule has 0 spiro atoms. The van der Waals surface area contributed by atoms with E-state index in [1.165, 1.54) is 0 Å². The molecule has 0 radical (unpaired) electrons. The number of ether oxygens (including phenoxy) is 2. The molecule has 0 rings (SSSR count). The van der Waals surface area contributed by atoms with Gasteiger partial charge in [0.2, 0.25) is 0 Å². The average molecular weight is 259 g/mol. The summed E-state index contributed by atoms with van der Waals surface area (Å²) in [6, 6.07) is -0.0655. The summed E-state index contributed by atoms with van der Waals surface area (Å²) in [7, 11) is 0. The van der Waals surface area contributed by atoms with Crippen molar-refractivity contribution in [3.63, 3.8) is 0 Å². The van der Waals surface area contributed by atoms with Gasteiger partial charge in [-0.2, -0.15) is 0 Å². The van der Waals surface area contributed by atoms with Crippen LogP contribution in [0.5, 0.6) is 0 Å². The van der Waals surface area contributed by atoms with Gasteiger partial charge in [-0.15, -0.1) is 0 Å². The van der Waals surface area contributed by atoms with Gasteiger partial charge in [0, 0.05) is 12.5 Å². The van der Waals surface area contributed by atoms with E-state index >= 15 is 0 Å². The Balaban J connectivity index is 4.03. The normalized spacial score (nSPS) is 12.7. The van der Waals surface area contributed by atoms with E-state index < -0.39 is 11.7 Å². The predicted octanol–water partition coefficient (Wildman–Crippen LogP) is 2.63. The van der Waals surface area contributed by atoms with Crippen molar-refractivity contribution >= 4 is 12.1 Å². The van der Waals surface area contributed by atoms with Crippen molar-refractivity contribution in [2.75, 3.05) is 6.61 Å². The van der Waals surface area contributed by atoms with Gasteiger partial charge in [0.15, 0.2) is 0 Å². The predicted molar refractivity (Wildman–Crippen MR) is 69.3 cm³/mol. The van der Waals surface area contributed by atoms with Crippen molar-refractivity contribution < 1.29 is 19.1 Å². The molecule has 0 aliphatic carbocycles. The van der Waals surface area contributed by atoms with E-state index in [9.17, 15) is 9.59 Å². The van der Waals surface area contributed by atoms with Gasteiger partial charge in [0.05, 0.1) is 6.61 Å². The fourth-order valence-electron chi connectivity index (χ4n) is 1.38. The number of carbonyl (C=O) groups excluding carboxylic acids is 2. The third-order valence-corrected chi connectivity index (χ3v) is 2.22. The maximum Gasteiger partial charge on any atom is 0.407 e. The van der Waals surface area contributed by atoms with E-state index in [1.807, 2.05) is 27.7 Å². The summed E-state index contributed by atoms with van der Waals surface area (Å²) in [5.74, 6) is -0.234. The summed E-state index contributed by atoms with van der Waals surface area (Å²) in [6.45, 7) is 9.54. The van der Waals surface area contributed by atoms with Crippen molar-refractivity contribution in [1.29, 1.82) is 0 Å². The highest BCUT2D eigenvalue weighted by atomic mass is 16.6. The number of rotatable bonds is 6. The van der Waals surface area contributed by atoms with Crippen LogP contribution in [0.25, 0.3) is 0 Å². The Morgan fingerprint density at radius 2 is 1.83 bits per heavy atom. The fraction of sp³-hybridized carbons (Fsp3) is 0.846. The largest absolute Gasteiger partial charge is 0.466 e. The first-order valence-corrected chi connectivity index (χ1v) is 6.43. The van der Waals surface area contributed by atoms with Crippen molar-refractivity contribution in [3.8, 4) is 0 Å². The lowest BCUT2D eigenvalue weighted by Gasteiger charge is -2.22. The van der Waals surface area contributed by atoms with Gasteiger partial charge in [0.25, 0.3) is 0 Å². The smallest absolute Gasteiger partial charge is 0.407 e. The molecule has 0 aromatic heterocycles. The average Bonchev–Trinajstić information content (AvgIpc) is 2.22. The molecular weight excluding hydrogens is 234 g/mol. The van der Waals surface area contributed by atoms with Gasteiger partial charge < -0.3 is 14.8 Å². The first-order chi connectivity index (χ1) is 8.28. The SMILES string of the molecule is CCOC(=O)CCC(CC)NC(=O)OC(C)(C)C. The highest BCUT2D eigenvalue weighted by Gasteiger charge is 2.19. The maximum absolute atomic E-state index is 11.5. The van der Waals surface area contributed by atoms with Crippen LogP contribution in [0, 0.1) is 0 Å². The summed E-state index contributed by atoms with van der Waals surface area (Å²) >= 11 is 0. The molecule has 18 heavy (non-hydrogen) atoms. The Bertz CT molecular complexity index is 271. The van der Waals surface area contributed by atoms with Crippen molar-refractivity contribution in [2.24, 2.45) is 0 Å². The molecule has 0 heterocycles. The van der Waals surface area contributed by atoms with Crippen LogP contribution >= 0.6 is 0 Å². The summed E-state index contributed by atoms with van der Waals surface area (Å²) in [5, 5.41) is 2.75. The quantitative estimate of drug-likeness (QED) is 0.745. The highest BCUT2D eigenvalue weighted by molar-refractivity contribution is 5.70. The van der Waals surface area contributed by atoms with Gasteiger partial charge in [-0.25, -0.2) is 4.79 Å². The minimum absolute atomic E-state index is 0.0655. The minimum atomic E-state index is -0.510. The number of nitrogens with one attached hydrogen (secondary N) is 1. The second-order valence-corrected chi connectivity index (χ2v) is 5.10. The van der Waals surface area contributed by atoms with Gasteiger partial charge in [0.1, 0.15) is 5.60 Å². The second kappa shape index (κ2) is 7.95. The zero-order valence-electron chi connectivity index (χ0n) is 12.0. The van der Waals surface area contributed by atoms with Gasteiger partial charge in [-0.05, 0) is 40.5 Å². The van der Waals surface area contributed by atoms with E-state index in [-0.39, 0.29) is 12.0 Å². The number of esters is 1. The van der Waals surface area contributed by atoms with E-state index in [0.29, 0.717) is 19.4 Å². The molecular formula is C13H25NO4. The first kappa shape index (κ1) is 16.7. The molecule has 1 amide bonds. The molecule has 0 fully saturated rings. The Morgan fingerprint density at radius 1 is 1.22 bits per heavy atom. The van der Waals surface area contributed by atoms with Gasteiger partial charge in [-0.3, -0.25) is 4.79 Å². The molecule has 0 aliphatic heterocycles. The summed E-state index contributed by atoms with van der Waals surface area (Å²) in [4.78, 5) is 22.8. The molecule has 5 heteroatoms. The topological polar surface area (TPSA) is 64.6 Å². The van der Waals surface area contributed by atoms with Crippen LogP contribution in [-0.2, 0) is 14.3 Å². The van der Waals surface area contributed by atoms with Crippen LogP contribution in [-0.4, -0.2) is 30.3 Å². The molecule has 0 saturated carbocycles. The van der Waals surface area contributed by atoms with Gasteiger partial charge in [-0.1, -0.05) is 6.92 Å². The van der Waals surface area contributed by atoms with Crippen LogP contribution < -0.4 is 5.32 Å². The van der Waals surface area contributed by atoms with Crippen LogP contribution in [0.2, 0.25) is 0 Å². The maximum atomic E-state index is 11.5. The van der Waals surface area contributed by atoms with Crippen LogP contribution in [0.1, 0.15) is 53.9 Å². The number of hydrogen-bond donors (Lipinski definition) is 1. The standard InChI is InChI=1S/C13H25NO4/c1-6-10(8-9-11(15)17-7-2)14-12(16)18-13(3,4)5/h10H,6-9H2,1-5H3,(H,14,16). The monoisotopic (exact) mass is 259 g/mol. The molecule has 1 atom stereocenters. The minimum Gasteiger partial charge on any atom is -0.466 e. The molecule has 1 unspecified atom stereocenters. The lowest BCUT2D eigenvalue weighted by atomic mass is 10.1. The Labute approximate surface area is 109 Å². The number of hydrogen-bond acceptors (Lipinski definition) is 4. The summed E-state index contributed by atoms with van der Waals surface area (Å²) in [6.07, 6.45) is 1.17. The van der Waals surface area contributed by atoms with Crippen molar-refractivity contribution in [3.05, 3.63) is 0 Å². The third-order valence-electron chi connectivity index (χ3n) is 2.22. The Kier molecular flexibility index (Phi) is 7.39. The fourth-order valence-corrected chi connectivity index (χ4v) is 1.38. The van der Waals surface area contributed by atoms with E-state index in [4.69, 9.17) is 9.47 Å². The molecule has 0 saturated heterocycles. The molecule has 0 bridgehead atoms. The van der Waals surface area contributed by atoms with Crippen molar-refractivity contribution in [2.45, 2.75) is 65.5 Å². The molecule has 0 aliphatic rings. The summed E-state index contributed by atoms with van der Waals surface area (Å²) < 4.78 is 10.00. The summed E-state index contributed by atoms with van der Waals surface area (Å²) in [5.41, 5.74) is -0.510. The zero-order chi connectivity index (χ0) is 14.2. The van der Waals surface area contributed by atoms with Crippen LogP contribution in [0.3, 0.4) is 0 Å². The zero-order valence-corrected chi connectivity index (χ0v) is 12.0. The van der Waals surface area contributed by atoms with Gasteiger partial charge >= 0.3 is 12.1 Å². The van der Waals surface area contributed by atoms with E-state index in [0.717, 1.165) is 6.42 Å². The number of alkyl carbamates (subject to hydrolysis) is 1. The van der Waals surface area contributed by atoms with E-state index in [2.05, 4.69) is 5.32 Å². The lowest BCUT2D eigenvalue weighted by Crippen LogP contribution is -2.39. The highest BCUT2D eigenvalue weighted by Crippen LogP contribution is 2.09. The second-order valence-electron chi connectivity index (χ2n) is 5.10. The molecule has 106 valence electrons. The van der Waals surface area contributed by atoms with Crippen molar-refractivity contribution in [1.82, 2.24) is 5.32 Å². The molecule has 0 aromatic rings. The Hall–Kier alpha value is -1.26. The lowest BCUT2D eigenvalue weighted by molar-refractivity contribution is -0.143.